The van der Waals surface area contributed by atoms with Crippen LogP contribution in [-0.2, 0) is 18.0 Å². The van der Waals surface area contributed by atoms with Gasteiger partial charge in [-0.2, -0.15) is 0 Å². The summed E-state index contributed by atoms with van der Waals surface area (Å²) >= 11 is 0. The summed E-state index contributed by atoms with van der Waals surface area (Å²) in [6, 6.07) is 8.81. The molecule has 0 atom stereocenters. The van der Waals surface area contributed by atoms with Gasteiger partial charge in [-0.1, -0.05) is 17.3 Å². The number of rotatable bonds is 6. The molecule has 100 valence electrons. The van der Waals surface area contributed by atoms with E-state index in [4.69, 9.17) is 19.1 Å². The smallest absolute Gasteiger partial charge is 0.358 e. The summed E-state index contributed by atoms with van der Waals surface area (Å²) in [4.78, 5) is 10.6. The van der Waals surface area contributed by atoms with Gasteiger partial charge in [0.1, 0.15) is 12.4 Å². The number of hydrogen-bond donors (Lipinski definition) is 1. The van der Waals surface area contributed by atoms with Gasteiger partial charge in [0.2, 0.25) is 0 Å². The normalized spacial score (nSPS) is 10.4. The number of carboxylic acids is 1. The molecule has 0 amide bonds. The van der Waals surface area contributed by atoms with Gasteiger partial charge in [-0.3, -0.25) is 0 Å². The summed E-state index contributed by atoms with van der Waals surface area (Å²) in [5, 5.41) is 12.1. The Kier molecular flexibility index (Phi) is 4.15. The van der Waals surface area contributed by atoms with Crippen LogP contribution in [0.2, 0.25) is 0 Å². The van der Waals surface area contributed by atoms with Crippen molar-refractivity contribution in [3.05, 3.63) is 47.3 Å². The maximum absolute atomic E-state index is 10.6. The molecular formula is C13H13NO5. The van der Waals surface area contributed by atoms with E-state index < -0.39 is 5.97 Å². The molecule has 0 radical (unpaired) electrons. The molecular weight excluding hydrogens is 250 g/mol. The number of nitrogens with zero attached hydrogens (tertiary/aromatic N) is 1. The molecule has 0 aliphatic heterocycles. The van der Waals surface area contributed by atoms with Crippen molar-refractivity contribution in [2.45, 2.75) is 13.2 Å². The van der Waals surface area contributed by atoms with Crippen molar-refractivity contribution in [2.24, 2.45) is 0 Å². The zero-order chi connectivity index (χ0) is 13.7. The second kappa shape index (κ2) is 6.01. The van der Waals surface area contributed by atoms with E-state index in [1.165, 1.54) is 6.07 Å². The van der Waals surface area contributed by atoms with Crippen molar-refractivity contribution in [3.8, 4) is 5.75 Å². The Morgan fingerprint density at radius 2 is 2.05 bits per heavy atom. The zero-order valence-corrected chi connectivity index (χ0v) is 10.3. The van der Waals surface area contributed by atoms with Crippen LogP contribution in [0.4, 0.5) is 0 Å². The predicted molar refractivity (Wildman–Crippen MR) is 64.9 cm³/mol. The Labute approximate surface area is 109 Å². The molecule has 0 spiro atoms. The van der Waals surface area contributed by atoms with E-state index in [1.54, 1.807) is 7.11 Å². The molecule has 0 bridgehead atoms. The number of hydrogen-bond acceptors (Lipinski definition) is 5. The van der Waals surface area contributed by atoms with Gasteiger partial charge in [-0.25, -0.2) is 4.79 Å². The second-order valence-corrected chi connectivity index (χ2v) is 3.82. The minimum atomic E-state index is -1.12. The van der Waals surface area contributed by atoms with Gasteiger partial charge >= 0.3 is 5.97 Å². The zero-order valence-electron chi connectivity index (χ0n) is 10.3. The Bertz CT molecular complexity index is 546. The van der Waals surface area contributed by atoms with E-state index in [1.807, 2.05) is 24.3 Å². The molecule has 0 aliphatic carbocycles. The first-order valence-corrected chi connectivity index (χ1v) is 5.58. The summed E-state index contributed by atoms with van der Waals surface area (Å²) < 4.78 is 15.3. The van der Waals surface area contributed by atoms with Crippen LogP contribution >= 0.6 is 0 Å². The minimum Gasteiger partial charge on any atom is -0.497 e. The van der Waals surface area contributed by atoms with Gasteiger partial charge in [0, 0.05) is 6.07 Å². The van der Waals surface area contributed by atoms with Crippen LogP contribution < -0.4 is 4.74 Å². The number of ether oxygens (including phenoxy) is 2. The van der Waals surface area contributed by atoms with Crippen LogP contribution in [0.25, 0.3) is 0 Å². The number of carbonyl (C=O) groups is 1. The van der Waals surface area contributed by atoms with Crippen LogP contribution in [0.5, 0.6) is 5.75 Å². The van der Waals surface area contributed by atoms with Crippen molar-refractivity contribution in [1.29, 1.82) is 0 Å². The monoisotopic (exact) mass is 263 g/mol. The Morgan fingerprint density at radius 3 is 2.63 bits per heavy atom. The van der Waals surface area contributed by atoms with Crippen LogP contribution in [0.1, 0.15) is 21.8 Å². The number of aromatic nitrogens is 1. The molecule has 0 fully saturated rings. The molecule has 1 heterocycles. The highest BCUT2D eigenvalue weighted by Crippen LogP contribution is 2.13. The van der Waals surface area contributed by atoms with Crippen molar-refractivity contribution < 1.29 is 23.9 Å². The molecule has 2 aromatic rings. The SMILES string of the molecule is COc1ccc(COCc2cc(C(=O)O)no2)cc1. The molecule has 0 aliphatic rings. The van der Waals surface area contributed by atoms with Crippen LogP contribution in [0, 0.1) is 0 Å². The molecule has 2 rings (SSSR count). The first kappa shape index (κ1) is 13.1. The Morgan fingerprint density at radius 1 is 1.32 bits per heavy atom. The molecule has 1 aromatic carbocycles. The Balaban J connectivity index is 1.83. The lowest BCUT2D eigenvalue weighted by molar-refractivity contribution is 0.0683. The largest absolute Gasteiger partial charge is 0.497 e. The molecule has 0 saturated heterocycles. The summed E-state index contributed by atoms with van der Waals surface area (Å²) in [6.07, 6.45) is 0. The third-order valence-corrected chi connectivity index (χ3v) is 2.45. The van der Waals surface area contributed by atoms with E-state index in [-0.39, 0.29) is 12.3 Å². The van der Waals surface area contributed by atoms with E-state index in [0.717, 1.165) is 11.3 Å². The molecule has 6 nitrogen and oxygen atoms in total. The topological polar surface area (TPSA) is 81.8 Å². The summed E-state index contributed by atoms with van der Waals surface area (Å²) in [7, 11) is 1.61. The quantitative estimate of drug-likeness (QED) is 0.859. The standard InChI is InChI=1S/C13H13NO5/c1-17-10-4-2-9(3-5-10)7-18-8-11-6-12(13(15)16)14-19-11/h2-6H,7-8H2,1H3,(H,15,16). The van der Waals surface area contributed by atoms with Gasteiger partial charge < -0.3 is 19.1 Å². The summed E-state index contributed by atoms with van der Waals surface area (Å²) in [6.45, 7) is 0.569. The lowest BCUT2D eigenvalue weighted by Crippen LogP contribution is -1.95. The number of carboxylic acid groups (broad SMARTS) is 1. The highest BCUT2D eigenvalue weighted by Gasteiger charge is 2.10. The average Bonchev–Trinajstić information content (AvgIpc) is 2.89. The van der Waals surface area contributed by atoms with Crippen molar-refractivity contribution in [1.82, 2.24) is 5.16 Å². The minimum absolute atomic E-state index is 0.122. The molecule has 0 saturated carbocycles. The summed E-state index contributed by atoms with van der Waals surface area (Å²) in [5.41, 5.74) is 0.863. The Hall–Kier alpha value is -2.34. The third-order valence-electron chi connectivity index (χ3n) is 2.45. The lowest BCUT2D eigenvalue weighted by atomic mass is 10.2. The first-order chi connectivity index (χ1) is 9.19. The van der Waals surface area contributed by atoms with Crippen molar-refractivity contribution >= 4 is 5.97 Å². The molecule has 1 aromatic heterocycles. The maximum atomic E-state index is 10.6. The number of benzene rings is 1. The highest BCUT2D eigenvalue weighted by atomic mass is 16.5. The predicted octanol–water partition coefficient (Wildman–Crippen LogP) is 2.10. The fraction of sp³-hybridized carbons (Fsp3) is 0.231. The van der Waals surface area contributed by atoms with E-state index in [0.29, 0.717) is 12.4 Å². The van der Waals surface area contributed by atoms with Crippen LogP contribution in [-0.4, -0.2) is 23.3 Å². The third kappa shape index (κ3) is 3.56. The van der Waals surface area contributed by atoms with Gasteiger partial charge in [-0.15, -0.1) is 0 Å². The molecule has 6 heteroatoms. The fourth-order valence-corrected chi connectivity index (χ4v) is 1.47. The van der Waals surface area contributed by atoms with Crippen molar-refractivity contribution in [2.75, 3.05) is 7.11 Å². The van der Waals surface area contributed by atoms with Crippen LogP contribution in [0.15, 0.2) is 34.9 Å². The second-order valence-electron chi connectivity index (χ2n) is 3.82. The molecule has 0 unspecified atom stereocenters. The number of methoxy groups -OCH3 is 1. The fourth-order valence-electron chi connectivity index (χ4n) is 1.47. The molecule has 19 heavy (non-hydrogen) atoms. The van der Waals surface area contributed by atoms with Gasteiger partial charge in [0.15, 0.2) is 11.5 Å². The first-order valence-electron chi connectivity index (χ1n) is 5.58. The average molecular weight is 263 g/mol. The lowest BCUT2D eigenvalue weighted by Gasteiger charge is -2.03. The van der Waals surface area contributed by atoms with Gasteiger partial charge in [-0.05, 0) is 17.7 Å². The van der Waals surface area contributed by atoms with Crippen LogP contribution in [0.3, 0.4) is 0 Å². The highest BCUT2D eigenvalue weighted by molar-refractivity contribution is 5.85. The van der Waals surface area contributed by atoms with Crippen molar-refractivity contribution in [3.63, 3.8) is 0 Å². The van der Waals surface area contributed by atoms with Gasteiger partial charge in [0.05, 0.1) is 13.7 Å². The summed E-state index contributed by atoms with van der Waals surface area (Å²) in [5.74, 6) is 0.0427. The van der Waals surface area contributed by atoms with E-state index >= 15 is 0 Å². The van der Waals surface area contributed by atoms with Gasteiger partial charge in [0.25, 0.3) is 0 Å². The van der Waals surface area contributed by atoms with E-state index in [2.05, 4.69) is 5.16 Å². The maximum Gasteiger partial charge on any atom is 0.358 e. The van der Waals surface area contributed by atoms with E-state index in [9.17, 15) is 4.79 Å². The number of aromatic carboxylic acids is 1. The molecule has 1 N–H and O–H groups in total.